The van der Waals surface area contributed by atoms with Crippen LogP contribution in [0.2, 0.25) is 0 Å². The molecule has 0 rings (SSSR count). The number of nitrogens with one attached hydrogen (secondary N) is 1. The van der Waals surface area contributed by atoms with Crippen LogP contribution in [-0.2, 0) is 0 Å². The second kappa shape index (κ2) is 7.32. The first-order chi connectivity index (χ1) is 5.72. The number of aliphatic hydroxyl groups excluding tert-OH is 1. The first-order valence-electron chi connectivity index (χ1n) is 4.67. The second-order valence-electron chi connectivity index (χ2n) is 3.41. The van der Waals surface area contributed by atoms with Crippen molar-refractivity contribution in [2.45, 2.75) is 32.7 Å². The Bertz CT molecular complexity index is 112. The maximum Gasteiger partial charge on any atom is 0.0443 e. The molecule has 2 nitrogen and oxygen atoms in total. The topological polar surface area (TPSA) is 32.3 Å². The van der Waals surface area contributed by atoms with Gasteiger partial charge in [0.2, 0.25) is 0 Å². The zero-order valence-electron chi connectivity index (χ0n) is 8.21. The largest absolute Gasteiger partial charge is 0.396 e. The van der Waals surface area contributed by atoms with Crippen molar-refractivity contribution in [1.29, 1.82) is 0 Å². The standard InChI is InChI=1S/C10H21NO/c1-4-6-10(9(2)3)11-7-5-8-12/h4,9-12H,1,5-8H2,2-3H3/t10-/m0/s1. The van der Waals surface area contributed by atoms with Crippen molar-refractivity contribution in [3.05, 3.63) is 12.7 Å². The van der Waals surface area contributed by atoms with Crippen LogP contribution in [0.25, 0.3) is 0 Å². The van der Waals surface area contributed by atoms with Gasteiger partial charge in [0.1, 0.15) is 0 Å². The Morgan fingerprint density at radius 3 is 2.58 bits per heavy atom. The average Bonchev–Trinajstić information content (AvgIpc) is 2.03. The van der Waals surface area contributed by atoms with Crippen molar-refractivity contribution >= 4 is 0 Å². The molecule has 0 amide bonds. The van der Waals surface area contributed by atoms with E-state index in [0.29, 0.717) is 12.0 Å². The monoisotopic (exact) mass is 171 g/mol. The summed E-state index contributed by atoms with van der Waals surface area (Å²) in [6.45, 7) is 9.28. The summed E-state index contributed by atoms with van der Waals surface area (Å²) in [6, 6.07) is 0.508. The predicted octanol–water partition coefficient (Wildman–Crippen LogP) is 1.56. The molecule has 72 valence electrons. The Balaban J connectivity index is 3.55. The lowest BCUT2D eigenvalue weighted by Gasteiger charge is -2.20. The Labute approximate surface area is 75.7 Å². The fourth-order valence-electron chi connectivity index (χ4n) is 1.14. The van der Waals surface area contributed by atoms with Crippen LogP contribution in [0.1, 0.15) is 26.7 Å². The Hall–Kier alpha value is -0.340. The van der Waals surface area contributed by atoms with Gasteiger partial charge in [-0.3, -0.25) is 0 Å². The molecule has 0 aromatic carbocycles. The second-order valence-corrected chi connectivity index (χ2v) is 3.41. The smallest absolute Gasteiger partial charge is 0.0443 e. The van der Waals surface area contributed by atoms with Gasteiger partial charge in [-0.15, -0.1) is 6.58 Å². The maximum absolute atomic E-state index is 8.59. The van der Waals surface area contributed by atoms with E-state index in [0.717, 1.165) is 19.4 Å². The zero-order valence-corrected chi connectivity index (χ0v) is 8.21. The molecule has 0 aromatic heterocycles. The van der Waals surface area contributed by atoms with Crippen LogP contribution in [-0.4, -0.2) is 24.3 Å². The van der Waals surface area contributed by atoms with E-state index in [1.165, 1.54) is 0 Å². The highest BCUT2D eigenvalue weighted by Gasteiger charge is 2.09. The summed E-state index contributed by atoms with van der Waals surface area (Å²) in [5.41, 5.74) is 0. The molecule has 0 saturated carbocycles. The van der Waals surface area contributed by atoms with E-state index < -0.39 is 0 Å². The maximum atomic E-state index is 8.59. The van der Waals surface area contributed by atoms with E-state index in [-0.39, 0.29) is 6.61 Å². The van der Waals surface area contributed by atoms with Gasteiger partial charge in [0, 0.05) is 12.6 Å². The molecule has 0 unspecified atom stereocenters. The molecule has 0 aliphatic rings. The molecule has 0 saturated heterocycles. The van der Waals surface area contributed by atoms with Crippen LogP contribution < -0.4 is 5.32 Å². The van der Waals surface area contributed by atoms with Gasteiger partial charge < -0.3 is 10.4 Å². The van der Waals surface area contributed by atoms with Gasteiger partial charge in [-0.25, -0.2) is 0 Å². The van der Waals surface area contributed by atoms with Crippen molar-refractivity contribution in [1.82, 2.24) is 5.32 Å². The van der Waals surface area contributed by atoms with Crippen LogP contribution >= 0.6 is 0 Å². The van der Waals surface area contributed by atoms with Crippen molar-refractivity contribution in [2.75, 3.05) is 13.2 Å². The number of hydrogen-bond donors (Lipinski definition) is 2. The average molecular weight is 171 g/mol. The SMILES string of the molecule is C=CC[C@H](NCCCO)C(C)C. The molecule has 0 aromatic rings. The first-order valence-corrected chi connectivity index (χ1v) is 4.67. The molecule has 12 heavy (non-hydrogen) atoms. The predicted molar refractivity (Wildman–Crippen MR) is 53.1 cm³/mol. The lowest BCUT2D eigenvalue weighted by Crippen LogP contribution is -2.34. The van der Waals surface area contributed by atoms with Gasteiger partial charge in [-0.1, -0.05) is 19.9 Å². The van der Waals surface area contributed by atoms with E-state index in [4.69, 9.17) is 5.11 Å². The first kappa shape index (κ1) is 11.7. The molecule has 2 N–H and O–H groups in total. The number of rotatable bonds is 7. The quantitative estimate of drug-likeness (QED) is 0.450. The molecule has 0 spiro atoms. The van der Waals surface area contributed by atoms with E-state index in [1.807, 2.05) is 6.08 Å². The number of aliphatic hydroxyl groups is 1. The fourth-order valence-corrected chi connectivity index (χ4v) is 1.14. The molecular formula is C10H21NO. The van der Waals surface area contributed by atoms with Crippen LogP contribution in [0.4, 0.5) is 0 Å². The Morgan fingerprint density at radius 2 is 2.17 bits per heavy atom. The third-order valence-corrected chi connectivity index (χ3v) is 1.97. The van der Waals surface area contributed by atoms with Crippen molar-refractivity contribution in [3.8, 4) is 0 Å². The summed E-state index contributed by atoms with van der Waals surface area (Å²) in [7, 11) is 0. The van der Waals surface area contributed by atoms with Gasteiger partial charge in [0.15, 0.2) is 0 Å². The molecule has 0 fully saturated rings. The fraction of sp³-hybridized carbons (Fsp3) is 0.800. The highest BCUT2D eigenvalue weighted by molar-refractivity contribution is 4.79. The van der Waals surface area contributed by atoms with Crippen molar-refractivity contribution < 1.29 is 5.11 Å². The van der Waals surface area contributed by atoms with Crippen LogP contribution in [0.15, 0.2) is 12.7 Å². The third kappa shape index (κ3) is 5.33. The van der Waals surface area contributed by atoms with Gasteiger partial charge in [-0.2, -0.15) is 0 Å². The lowest BCUT2D eigenvalue weighted by atomic mass is 10.0. The normalized spacial score (nSPS) is 13.3. The minimum absolute atomic E-state index is 0.270. The number of hydrogen-bond acceptors (Lipinski definition) is 2. The summed E-state index contributed by atoms with van der Waals surface area (Å²) in [5.74, 6) is 0.627. The summed E-state index contributed by atoms with van der Waals surface area (Å²) >= 11 is 0. The lowest BCUT2D eigenvalue weighted by molar-refractivity contribution is 0.278. The molecular weight excluding hydrogens is 150 g/mol. The minimum Gasteiger partial charge on any atom is -0.396 e. The highest BCUT2D eigenvalue weighted by Crippen LogP contribution is 2.05. The van der Waals surface area contributed by atoms with Crippen molar-refractivity contribution in [3.63, 3.8) is 0 Å². The van der Waals surface area contributed by atoms with Crippen LogP contribution in [0.3, 0.4) is 0 Å². The van der Waals surface area contributed by atoms with Crippen LogP contribution in [0, 0.1) is 5.92 Å². The zero-order chi connectivity index (χ0) is 9.40. The highest BCUT2D eigenvalue weighted by atomic mass is 16.3. The molecule has 0 radical (unpaired) electrons. The Kier molecular flexibility index (Phi) is 7.11. The summed E-state index contributed by atoms with van der Waals surface area (Å²) < 4.78 is 0. The molecule has 0 bridgehead atoms. The van der Waals surface area contributed by atoms with Gasteiger partial charge in [-0.05, 0) is 25.3 Å². The Morgan fingerprint density at radius 1 is 1.50 bits per heavy atom. The molecule has 0 aliphatic carbocycles. The van der Waals surface area contributed by atoms with Gasteiger partial charge in [0.05, 0.1) is 0 Å². The van der Waals surface area contributed by atoms with Crippen LogP contribution in [0.5, 0.6) is 0 Å². The summed E-state index contributed by atoms with van der Waals surface area (Å²) in [6.07, 6.45) is 3.78. The molecule has 0 aliphatic heterocycles. The van der Waals surface area contributed by atoms with E-state index >= 15 is 0 Å². The van der Waals surface area contributed by atoms with Crippen molar-refractivity contribution in [2.24, 2.45) is 5.92 Å². The van der Waals surface area contributed by atoms with E-state index in [1.54, 1.807) is 0 Å². The van der Waals surface area contributed by atoms with E-state index in [2.05, 4.69) is 25.7 Å². The van der Waals surface area contributed by atoms with E-state index in [9.17, 15) is 0 Å². The molecule has 0 heterocycles. The summed E-state index contributed by atoms with van der Waals surface area (Å²) in [5, 5.41) is 12.0. The third-order valence-electron chi connectivity index (χ3n) is 1.97. The van der Waals surface area contributed by atoms with Gasteiger partial charge >= 0.3 is 0 Å². The molecule has 1 atom stereocenters. The summed E-state index contributed by atoms with van der Waals surface area (Å²) in [4.78, 5) is 0. The van der Waals surface area contributed by atoms with Gasteiger partial charge in [0.25, 0.3) is 0 Å². The molecule has 2 heteroatoms. The minimum atomic E-state index is 0.270.